The fourth-order valence-corrected chi connectivity index (χ4v) is 2.02. The molecule has 0 saturated heterocycles. The molecule has 0 unspecified atom stereocenters. The zero-order valence-corrected chi connectivity index (χ0v) is 14.1. The molecule has 0 atom stereocenters. The van der Waals surface area contributed by atoms with E-state index in [0.717, 1.165) is 10.5 Å². The van der Waals surface area contributed by atoms with E-state index in [2.05, 4.69) is 0 Å². The van der Waals surface area contributed by atoms with E-state index in [1.165, 1.54) is 0 Å². The van der Waals surface area contributed by atoms with E-state index in [1.807, 2.05) is 0 Å². The van der Waals surface area contributed by atoms with Crippen LogP contribution in [0.15, 0.2) is 18.2 Å². The monoisotopic (exact) mass is 347 g/mol. The fourth-order valence-electron chi connectivity index (χ4n) is 1.85. The van der Waals surface area contributed by atoms with Gasteiger partial charge in [-0.3, -0.25) is 4.79 Å². The summed E-state index contributed by atoms with van der Waals surface area (Å²) in [5.74, 6) is 0. The topological polar surface area (TPSA) is 46.6 Å². The van der Waals surface area contributed by atoms with Gasteiger partial charge in [-0.1, -0.05) is 17.7 Å². The summed E-state index contributed by atoms with van der Waals surface area (Å²) in [6.07, 6.45) is -2.51. The Labute approximate surface area is 139 Å². The molecule has 0 spiro atoms. The predicted octanol–water partition coefficient (Wildman–Crippen LogP) is 4.20. The first kappa shape index (κ1) is 19.4. The van der Waals surface area contributed by atoms with E-state index in [9.17, 15) is 18.4 Å². The molecule has 23 heavy (non-hydrogen) atoms. The Morgan fingerprint density at radius 1 is 1.39 bits per heavy atom. The minimum atomic E-state index is -2.65. The second-order valence-corrected chi connectivity index (χ2v) is 6.45. The molecule has 128 valence electrons. The summed E-state index contributed by atoms with van der Waals surface area (Å²) >= 11 is 5.84. The van der Waals surface area contributed by atoms with Crippen LogP contribution in [0, 0.1) is 0 Å². The van der Waals surface area contributed by atoms with Crippen LogP contribution < -0.4 is 0 Å². The number of aldehydes is 1. The average Bonchev–Trinajstić information content (AvgIpc) is 2.42. The molecule has 1 aromatic rings. The number of hydrogen-bond donors (Lipinski definition) is 0. The van der Waals surface area contributed by atoms with Gasteiger partial charge >= 0.3 is 6.09 Å². The lowest BCUT2D eigenvalue weighted by molar-refractivity contribution is 0.0106. The maximum atomic E-state index is 12.7. The van der Waals surface area contributed by atoms with Crippen molar-refractivity contribution in [1.29, 1.82) is 0 Å². The van der Waals surface area contributed by atoms with Gasteiger partial charge in [0, 0.05) is 12.1 Å². The molecular formula is C16H20ClF2NO3. The molecule has 0 radical (unpaired) electrons. The summed E-state index contributed by atoms with van der Waals surface area (Å²) in [5, 5.41) is 0.320. The van der Waals surface area contributed by atoms with Crippen molar-refractivity contribution in [3.63, 3.8) is 0 Å². The van der Waals surface area contributed by atoms with E-state index < -0.39 is 24.7 Å². The van der Waals surface area contributed by atoms with Gasteiger partial charge in [0.05, 0.1) is 11.6 Å². The first-order valence-corrected chi connectivity index (χ1v) is 7.50. The van der Waals surface area contributed by atoms with Crippen molar-refractivity contribution < 1.29 is 23.1 Å². The minimum absolute atomic E-state index is 0.0547. The van der Waals surface area contributed by atoms with Crippen molar-refractivity contribution in [3.8, 4) is 0 Å². The van der Waals surface area contributed by atoms with Gasteiger partial charge in [-0.15, -0.1) is 0 Å². The van der Waals surface area contributed by atoms with Gasteiger partial charge < -0.3 is 9.64 Å². The molecule has 0 N–H and O–H groups in total. The van der Waals surface area contributed by atoms with Crippen LogP contribution in [0.5, 0.6) is 0 Å². The molecule has 0 aliphatic carbocycles. The third-order valence-corrected chi connectivity index (χ3v) is 3.21. The highest BCUT2D eigenvalue weighted by molar-refractivity contribution is 6.32. The molecule has 0 bridgehead atoms. The molecule has 4 nitrogen and oxygen atoms in total. The van der Waals surface area contributed by atoms with Crippen LogP contribution in [-0.2, 0) is 11.2 Å². The molecule has 0 heterocycles. The first-order chi connectivity index (χ1) is 10.6. The molecule has 7 heteroatoms. The number of hydrogen-bond acceptors (Lipinski definition) is 3. The van der Waals surface area contributed by atoms with E-state index in [0.29, 0.717) is 23.3 Å². The Bertz CT molecular complexity index is 559. The SMILES string of the molecule is CC(C)(C)OC(=O)N(CCc1ccc(Cl)c(C=O)c1)CC(F)F. The molecule has 0 aliphatic heterocycles. The summed E-state index contributed by atoms with van der Waals surface area (Å²) in [7, 11) is 0. The quantitative estimate of drug-likeness (QED) is 0.725. The van der Waals surface area contributed by atoms with Crippen molar-refractivity contribution in [1.82, 2.24) is 4.90 Å². The van der Waals surface area contributed by atoms with Crippen molar-refractivity contribution in [2.75, 3.05) is 13.1 Å². The summed E-state index contributed by atoms with van der Waals surface area (Å²) in [6.45, 7) is 4.35. The number of alkyl halides is 2. The highest BCUT2D eigenvalue weighted by atomic mass is 35.5. The lowest BCUT2D eigenvalue weighted by Gasteiger charge is -2.27. The maximum Gasteiger partial charge on any atom is 0.410 e. The van der Waals surface area contributed by atoms with Gasteiger partial charge in [0.1, 0.15) is 5.60 Å². The van der Waals surface area contributed by atoms with E-state index in [-0.39, 0.29) is 6.54 Å². The molecule has 1 aromatic carbocycles. The number of carbonyl (C=O) groups excluding carboxylic acids is 2. The Kier molecular flexibility index (Phi) is 6.94. The number of benzene rings is 1. The molecule has 1 rings (SSSR count). The number of halogens is 3. The molecule has 0 fully saturated rings. The normalized spacial score (nSPS) is 11.4. The van der Waals surface area contributed by atoms with Gasteiger partial charge in [-0.2, -0.15) is 0 Å². The predicted molar refractivity (Wildman–Crippen MR) is 84.4 cm³/mol. The fraction of sp³-hybridized carbons (Fsp3) is 0.500. The summed E-state index contributed by atoms with van der Waals surface area (Å²) in [5.41, 5.74) is 0.281. The zero-order valence-electron chi connectivity index (χ0n) is 13.3. The van der Waals surface area contributed by atoms with Gasteiger partial charge in [0.25, 0.3) is 6.43 Å². The number of rotatable bonds is 6. The number of ether oxygens (including phenoxy) is 1. The van der Waals surface area contributed by atoms with Gasteiger partial charge in [0.2, 0.25) is 0 Å². The highest BCUT2D eigenvalue weighted by Crippen LogP contribution is 2.17. The number of carbonyl (C=O) groups is 2. The van der Waals surface area contributed by atoms with E-state index in [1.54, 1.807) is 39.0 Å². The van der Waals surface area contributed by atoms with Crippen LogP contribution in [0.25, 0.3) is 0 Å². The Morgan fingerprint density at radius 3 is 2.57 bits per heavy atom. The minimum Gasteiger partial charge on any atom is -0.444 e. The third-order valence-electron chi connectivity index (χ3n) is 2.87. The standard InChI is InChI=1S/C16H20ClF2NO3/c1-16(2,3)23-15(22)20(9-14(18)19)7-6-11-4-5-13(17)12(8-11)10-21/h4-5,8,10,14H,6-7,9H2,1-3H3. The van der Waals surface area contributed by atoms with Crippen LogP contribution in [0.4, 0.5) is 13.6 Å². The van der Waals surface area contributed by atoms with Crippen molar-refractivity contribution in [2.45, 2.75) is 39.2 Å². The van der Waals surface area contributed by atoms with E-state index >= 15 is 0 Å². The first-order valence-electron chi connectivity index (χ1n) is 7.12. The molecule has 1 amide bonds. The zero-order chi connectivity index (χ0) is 17.6. The summed E-state index contributed by atoms with van der Waals surface area (Å²) in [6, 6.07) is 4.82. The number of amides is 1. The van der Waals surface area contributed by atoms with Crippen molar-refractivity contribution in [3.05, 3.63) is 34.3 Å². The highest BCUT2D eigenvalue weighted by Gasteiger charge is 2.24. The average molecular weight is 348 g/mol. The molecule has 0 aromatic heterocycles. The largest absolute Gasteiger partial charge is 0.444 e. The van der Waals surface area contributed by atoms with Gasteiger partial charge in [-0.05, 0) is 44.9 Å². The van der Waals surface area contributed by atoms with Crippen LogP contribution in [0.1, 0.15) is 36.7 Å². The number of nitrogens with zero attached hydrogens (tertiary/aromatic N) is 1. The molecule has 0 saturated carbocycles. The van der Waals surface area contributed by atoms with Crippen LogP contribution >= 0.6 is 11.6 Å². The van der Waals surface area contributed by atoms with E-state index in [4.69, 9.17) is 16.3 Å². The Morgan fingerprint density at radius 2 is 2.04 bits per heavy atom. The van der Waals surface area contributed by atoms with Crippen LogP contribution in [-0.4, -0.2) is 42.4 Å². The molecular weight excluding hydrogens is 328 g/mol. The van der Waals surface area contributed by atoms with Crippen molar-refractivity contribution >= 4 is 24.0 Å². The summed E-state index contributed by atoms with van der Waals surface area (Å²) in [4.78, 5) is 23.8. The lowest BCUT2D eigenvalue weighted by Crippen LogP contribution is -2.40. The smallest absolute Gasteiger partial charge is 0.410 e. The maximum absolute atomic E-state index is 12.7. The van der Waals surface area contributed by atoms with Crippen LogP contribution in [0.3, 0.4) is 0 Å². The Balaban J connectivity index is 2.78. The van der Waals surface area contributed by atoms with Gasteiger partial charge in [-0.25, -0.2) is 13.6 Å². The second-order valence-electron chi connectivity index (χ2n) is 6.04. The summed E-state index contributed by atoms with van der Waals surface area (Å²) < 4.78 is 30.5. The Hall–Kier alpha value is -1.69. The van der Waals surface area contributed by atoms with Gasteiger partial charge in [0.15, 0.2) is 6.29 Å². The lowest BCUT2D eigenvalue weighted by atomic mass is 10.1. The molecule has 0 aliphatic rings. The third kappa shape index (κ3) is 6.95. The van der Waals surface area contributed by atoms with Crippen molar-refractivity contribution in [2.24, 2.45) is 0 Å². The van der Waals surface area contributed by atoms with Crippen LogP contribution in [0.2, 0.25) is 5.02 Å². The second kappa shape index (κ2) is 8.24.